The Morgan fingerprint density at radius 1 is 0.844 bits per heavy atom. The number of nitrogens with zero attached hydrogens (tertiary/aromatic N) is 2. The number of methoxy groups -OCH3 is 1. The van der Waals surface area contributed by atoms with E-state index in [9.17, 15) is 15.3 Å². The highest BCUT2D eigenvalue weighted by Gasteiger charge is 2.18. The highest BCUT2D eigenvalue weighted by Crippen LogP contribution is 2.27. The van der Waals surface area contributed by atoms with E-state index >= 15 is 0 Å². The van der Waals surface area contributed by atoms with Crippen molar-refractivity contribution >= 4 is 5.97 Å². The average Bonchev–Trinajstić information content (AvgIpc) is 2.84. The van der Waals surface area contributed by atoms with Gasteiger partial charge in [0, 0.05) is 0 Å². The number of esters is 1. The number of ether oxygens (including phenoxy) is 2. The van der Waals surface area contributed by atoms with E-state index in [1.54, 1.807) is 31.4 Å². The fourth-order valence-electron chi connectivity index (χ4n) is 3.47. The van der Waals surface area contributed by atoms with Crippen LogP contribution >= 0.6 is 0 Å². The van der Waals surface area contributed by atoms with E-state index in [0.717, 1.165) is 41.7 Å². The van der Waals surface area contributed by atoms with Crippen LogP contribution in [0.3, 0.4) is 0 Å². The summed E-state index contributed by atoms with van der Waals surface area (Å²) in [6.45, 7) is 2.11. The second-order valence-corrected chi connectivity index (χ2v) is 7.35. The molecule has 0 fully saturated rings. The second-order valence-electron chi connectivity index (χ2n) is 7.35. The Morgan fingerprint density at radius 2 is 1.47 bits per heavy atom. The number of rotatable bonds is 8. The Hall–Kier alpha value is -4.09. The summed E-state index contributed by atoms with van der Waals surface area (Å²) in [5.74, 6) is 0.299. The molecule has 3 aromatic rings. The number of hydrogen-bond donors (Lipinski definition) is 0. The third-order valence-corrected chi connectivity index (χ3v) is 5.27. The molecule has 0 saturated heterocycles. The summed E-state index contributed by atoms with van der Waals surface area (Å²) in [4.78, 5) is 12.7. The molecular formula is C27H24N2O3. The number of aryl methyl sites for hydroxylation is 1. The molecule has 0 bridgehead atoms. The van der Waals surface area contributed by atoms with Crippen LogP contribution in [0.4, 0.5) is 0 Å². The second kappa shape index (κ2) is 10.8. The largest absolute Gasteiger partial charge is 0.497 e. The zero-order valence-electron chi connectivity index (χ0n) is 18.2. The van der Waals surface area contributed by atoms with Crippen LogP contribution in [0.15, 0.2) is 60.7 Å². The molecule has 5 nitrogen and oxygen atoms in total. The summed E-state index contributed by atoms with van der Waals surface area (Å²) < 4.78 is 10.7. The van der Waals surface area contributed by atoms with Gasteiger partial charge in [-0.05, 0) is 59.9 Å². The molecule has 0 saturated carbocycles. The molecule has 0 N–H and O–H groups in total. The molecule has 0 aliphatic rings. The summed E-state index contributed by atoms with van der Waals surface area (Å²) >= 11 is 0. The molecule has 0 aliphatic carbocycles. The average molecular weight is 425 g/mol. The van der Waals surface area contributed by atoms with Crippen molar-refractivity contribution < 1.29 is 14.3 Å². The molecule has 0 aromatic heterocycles. The molecule has 0 heterocycles. The van der Waals surface area contributed by atoms with Crippen molar-refractivity contribution in [1.82, 2.24) is 0 Å². The maximum absolute atomic E-state index is 12.7. The molecule has 32 heavy (non-hydrogen) atoms. The lowest BCUT2D eigenvalue weighted by molar-refractivity contribution is 0.0734. The zero-order chi connectivity index (χ0) is 22.9. The van der Waals surface area contributed by atoms with Crippen molar-refractivity contribution in [1.29, 1.82) is 10.5 Å². The number of nitriles is 2. The lowest BCUT2D eigenvalue weighted by Gasteiger charge is -2.11. The molecule has 0 aliphatic heterocycles. The van der Waals surface area contributed by atoms with Crippen molar-refractivity contribution in [2.45, 2.75) is 32.6 Å². The van der Waals surface area contributed by atoms with Gasteiger partial charge >= 0.3 is 5.97 Å². The summed E-state index contributed by atoms with van der Waals surface area (Å²) in [6, 6.07) is 22.2. The predicted octanol–water partition coefficient (Wildman–Crippen LogP) is 6.06. The predicted molar refractivity (Wildman–Crippen MR) is 122 cm³/mol. The summed E-state index contributed by atoms with van der Waals surface area (Å²) in [5, 5.41) is 19.2. The number of unbranched alkanes of at least 4 members (excludes halogenated alkanes) is 2. The molecule has 0 unspecified atom stereocenters. The molecule has 3 aromatic carbocycles. The molecular weight excluding hydrogens is 400 g/mol. The highest BCUT2D eigenvalue weighted by atomic mass is 16.5. The fraction of sp³-hybridized carbons (Fsp3) is 0.222. The van der Waals surface area contributed by atoms with Gasteiger partial charge in [-0.25, -0.2) is 4.79 Å². The summed E-state index contributed by atoms with van der Waals surface area (Å²) in [5.41, 5.74) is 3.49. The zero-order valence-corrected chi connectivity index (χ0v) is 18.2. The topological polar surface area (TPSA) is 83.1 Å². The Balaban J connectivity index is 1.79. The van der Waals surface area contributed by atoms with Crippen molar-refractivity contribution in [3.63, 3.8) is 0 Å². The molecule has 0 amide bonds. The van der Waals surface area contributed by atoms with E-state index in [-0.39, 0.29) is 16.9 Å². The van der Waals surface area contributed by atoms with Crippen molar-refractivity contribution in [2.24, 2.45) is 0 Å². The highest BCUT2D eigenvalue weighted by molar-refractivity contribution is 5.92. The van der Waals surface area contributed by atoms with Gasteiger partial charge in [-0.15, -0.1) is 0 Å². The first-order valence-electron chi connectivity index (χ1n) is 10.5. The van der Waals surface area contributed by atoms with Crippen LogP contribution in [-0.2, 0) is 6.42 Å². The van der Waals surface area contributed by atoms with E-state index in [4.69, 9.17) is 9.47 Å². The molecule has 160 valence electrons. The number of benzene rings is 3. The maximum atomic E-state index is 12.7. The Morgan fingerprint density at radius 3 is 2.03 bits per heavy atom. The van der Waals surface area contributed by atoms with E-state index in [0.29, 0.717) is 12.0 Å². The third kappa shape index (κ3) is 5.14. The summed E-state index contributed by atoms with van der Waals surface area (Å²) in [6.07, 6.45) is 3.78. The molecule has 0 radical (unpaired) electrons. The van der Waals surface area contributed by atoms with Gasteiger partial charge in [-0.1, -0.05) is 50.1 Å². The van der Waals surface area contributed by atoms with Crippen LogP contribution < -0.4 is 9.47 Å². The number of carbonyl (C=O) groups excluding carboxylic acids is 1. The van der Waals surface area contributed by atoms with Crippen LogP contribution in [0.1, 0.15) is 53.2 Å². The third-order valence-electron chi connectivity index (χ3n) is 5.27. The Labute approximate surface area is 188 Å². The lowest BCUT2D eigenvalue weighted by atomic mass is 9.97. The molecule has 0 atom stereocenters. The van der Waals surface area contributed by atoms with E-state index in [2.05, 4.69) is 13.0 Å². The van der Waals surface area contributed by atoms with Crippen molar-refractivity contribution in [3.8, 4) is 34.8 Å². The lowest BCUT2D eigenvalue weighted by Crippen LogP contribution is -2.10. The summed E-state index contributed by atoms with van der Waals surface area (Å²) in [7, 11) is 1.62. The van der Waals surface area contributed by atoms with Gasteiger partial charge in [-0.2, -0.15) is 10.5 Å². The molecule has 0 spiro atoms. The Kier molecular flexibility index (Phi) is 7.62. The quantitative estimate of drug-likeness (QED) is 0.249. The smallest absolute Gasteiger partial charge is 0.343 e. The SMILES string of the molecule is CCCCCc1ccc(OC(=O)c2ccc(-c3ccc(OC)cc3)cc2)c(C#N)c1C#N. The van der Waals surface area contributed by atoms with Gasteiger partial charge in [0.2, 0.25) is 0 Å². The molecule has 3 rings (SSSR count). The van der Waals surface area contributed by atoms with E-state index in [1.165, 1.54) is 0 Å². The van der Waals surface area contributed by atoms with Crippen molar-refractivity contribution in [2.75, 3.05) is 7.11 Å². The minimum Gasteiger partial charge on any atom is -0.497 e. The van der Waals surface area contributed by atoms with Gasteiger partial charge in [0.05, 0.1) is 18.2 Å². The number of carbonyl (C=O) groups is 1. The van der Waals surface area contributed by atoms with Gasteiger partial charge in [-0.3, -0.25) is 0 Å². The van der Waals surface area contributed by atoms with Crippen molar-refractivity contribution in [3.05, 3.63) is 82.9 Å². The van der Waals surface area contributed by atoms with Gasteiger partial charge in [0.1, 0.15) is 29.2 Å². The number of hydrogen-bond acceptors (Lipinski definition) is 5. The first-order chi connectivity index (χ1) is 15.6. The van der Waals surface area contributed by atoms with Gasteiger partial charge in [0.15, 0.2) is 0 Å². The van der Waals surface area contributed by atoms with Crippen LogP contribution in [0.5, 0.6) is 11.5 Å². The van der Waals surface area contributed by atoms with Gasteiger partial charge < -0.3 is 9.47 Å². The van der Waals surface area contributed by atoms with Crippen LogP contribution in [0, 0.1) is 22.7 Å². The van der Waals surface area contributed by atoms with Crippen LogP contribution in [0.25, 0.3) is 11.1 Å². The van der Waals surface area contributed by atoms with Gasteiger partial charge in [0.25, 0.3) is 0 Å². The van der Waals surface area contributed by atoms with Crippen LogP contribution in [0.2, 0.25) is 0 Å². The monoisotopic (exact) mass is 424 g/mol. The minimum atomic E-state index is -0.578. The van der Waals surface area contributed by atoms with Crippen LogP contribution in [-0.4, -0.2) is 13.1 Å². The normalized spacial score (nSPS) is 10.1. The maximum Gasteiger partial charge on any atom is 0.343 e. The molecule has 5 heteroatoms. The van der Waals surface area contributed by atoms with E-state index < -0.39 is 5.97 Å². The first-order valence-corrected chi connectivity index (χ1v) is 10.5. The minimum absolute atomic E-state index is 0.102. The fourth-order valence-corrected chi connectivity index (χ4v) is 3.47. The first kappa shape index (κ1) is 22.6. The Bertz CT molecular complexity index is 1170. The van der Waals surface area contributed by atoms with E-state index in [1.807, 2.05) is 42.5 Å². The standard InChI is InChI=1S/C27H24N2O3/c1-3-4-5-6-21-13-16-26(25(18-29)24(21)17-28)32-27(30)22-9-7-19(8-10-22)20-11-14-23(31-2)15-12-20/h7-16H,3-6H2,1-2H3.